The van der Waals surface area contributed by atoms with Crippen molar-refractivity contribution in [2.75, 3.05) is 10.6 Å². The highest BCUT2D eigenvalue weighted by atomic mass is 35.5. The van der Waals surface area contributed by atoms with Gasteiger partial charge >= 0.3 is 6.18 Å². The quantitative estimate of drug-likeness (QED) is 0.194. The van der Waals surface area contributed by atoms with Gasteiger partial charge < -0.3 is 10.6 Å². The summed E-state index contributed by atoms with van der Waals surface area (Å²) >= 11 is 18.4. The zero-order chi connectivity index (χ0) is 27.3. The number of nitrogens with one attached hydrogen (secondary N) is 2. The molecule has 2 atom stereocenters. The first-order chi connectivity index (χ1) is 17.2. The molecule has 0 bridgehead atoms. The van der Waals surface area contributed by atoms with Crippen molar-refractivity contribution >= 4 is 58.0 Å². The Kier molecular flexibility index (Phi) is 7.08. The van der Waals surface area contributed by atoms with E-state index in [1.54, 1.807) is 0 Å². The minimum Gasteiger partial charge on any atom is -0.326 e. The lowest BCUT2D eigenvalue weighted by Crippen LogP contribution is -2.18. The lowest BCUT2D eigenvalue weighted by atomic mass is 10.0. The molecule has 1 aliphatic rings. The van der Waals surface area contributed by atoms with Gasteiger partial charge in [0.05, 0.1) is 27.8 Å². The van der Waals surface area contributed by atoms with Gasteiger partial charge in [-0.25, -0.2) is 13.8 Å². The molecule has 3 aromatic rings. The summed E-state index contributed by atoms with van der Waals surface area (Å²) in [4.78, 5) is 28.3. The molecule has 0 aliphatic heterocycles. The summed E-state index contributed by atoms with van der Waals surface area (Å²) < 4.78 is 77.5. The number of hydrogen-bond acceptors (Lipinski definition) is 3. The smallest absolute Gasteiger partial charge is 0.326 e. The number of halogens is 9. The topological polar surface area (TPSA) is 71.1 Å². The van der Waals surface area contributed by atoms with E-state index in [2.05, 4.69) is 15.6 Å². The number of amides is 2. The van der Waals surface area contributed by atoms with E-state index < -0.39 is 57.3 Å². The number of aromatic nitrogens is 1. The Morgan fingerprint density at radius 1 is 0.946 bits per heavy atom. The third-order valence-corrected chi connectivity index (χ3v) is 6.80. The first-order valence-corrected chi connectivity index (χ1v) is 11.3. The van der Waals surface area contributed by atoms with Gasteiger partial charge in [0.2, 0.25) is 11.9 Å². The first-order valence-electron chi connectivity index (χ1n) is 10.2. The van der Waals surface area contributed by atoms with Crippen molar-refractivity contribution in [2.45, 2.75) is 16.4 Å². The minimum absolute atomic E-state index is 0.0158. The van der Waals surface area contributed by atoms with E-state index in [4.69, 9.17) is 34.8 Å². The van der Waals surface area contributed by atoms with E-state index in [9.17, 15) is 35.9 Å². The molecule has 0 saturated heterocycles. The Labute approximate surface area is 219 Å². The number of benzene rings is 2. The summed E-state index contributed by atoms with van der Waals surface area (Å²) in [6.45, 7) is 0. The minimum atomic E-state index is -4.96. The predicted octanol–water partition coefficient (Wildman–Crippen LogP) is 6.95. The molecule has 5 nitrogen and oxygen atoms in total. The molecular formula is C23H12Cl3F6N3O2. The normalized spacial score (nSPS) is 18.3. The van der Waals surface area contributed by atoms with Crippen molar-refractivity contribution < 1.29 is 35.9 Å². The van der Waals surface area contributed by atoms with Crippen LogP contribution >= 0.6 is 34.8 Å². The van der Waals surface area contributed by atoms with Crippen molar-refractivity contribution in [1.29, 1.82) is 0 Å². The fraction of sp³-hybridized carbons (Fsp3) is 0.174. The van der Waals surface area contributed by atoms with E-state index in [-0.39, 0.29) is 27.5 Å². The molecule has 4 rings (SSSR count). The van der Waals surface area contributed by atoms with E-state index in [0.717, 1.165) is 12.3 Å². The number of alkyl halides is 5. The van der Waals surface area contributed by atoms with Crippen LogP contribution in [0.1, 0.15) is 27.4 Å². The maximum absolute atomic E-state index is 13.6. The van der Waals surface area contributed by atoms with Crippen molar-refractivity contribution in [3.8, 4) is 0 Å². The van der Waals surface area contributed by atoms with Crippen LogP contribution in [0.4, 0.5) is 37.7 Å². The van der Waals surface area contributed by atoms with Gasteiger partial charge in [0.1, 0.15) is 10.2 Å². The molecule has 37 heavy (non-hydrogen) atoms. The third-order valence-electron chi connectivity index (χ3n) is 5.53. The molecule has 1 heterocycles. The molecule has 1 fully saturated rings. The van der Waals surface area contributed by atoms with E-state index in [1.165, 1.54) is 18.2 Å². The van der Waals surface area contributed by atoms with Crippen LogP contribution in [0, 0.1) is 23.5 Å². The van der Waals surface area contributed by atoms with Crippen LogP contribution < -0.4 is 10.6 Å². The number of rotatable bonds is 5. The Hall–Kier alpha value is -3.02. The Morgan fingerprint density at radius 3 is 2.30 bits per heavy atom. The number of carbonyl (C=O) groups is 2. The number of anilines is 2. The van der Waals surface area contributed by atoms with Crippen LogP contribution in [0.2, 0.25) is 5.02 Å². The lowest BCUT2D eigenvalue weighted by Gasteiger charge is -2.11. The summed E-state index contributed by atoms with van der Waals surface area (Å²) in [6.07, 6.45) is -4.16. The summed E-state index contributed by atoms with van der Waals surface area (Å²) in [6, 6.07) is 6.77. The van der Waals surface area contributed by atoms with E-state index in [1.807, 2.05) is 0 Å². The highest BCUT2D eigenvalue weighted by molar-refractivity contribution is 6.53. The van der Waals surface area contributed by atoms with Gasteiger partial charge in [0, 0.05) is 17.8 Å². The second-order valence-corrected chi connectivity index (χ2v) is 9.85. The van der Waals surface area contributed by atoms with Crippen molar-refractivity contribution in [3.63, 3.8) is 0 Å². The molecule has 194 valence electrons. The van der Waals surface area contributed by atoms with Crippen molar-refractivity contribution in [1.82, 2.24) is 4.98 Å². The van der Waals surface area contributed by atoms with Gasteiger partial charge in [-0.3, -0.25) is 9.59 Å². The summed E-state index contributed by atoms with van der Waals surface area (Å²) in [5, 5.41) is 4.87. The third kappa shape index (κ3) is 5.48. The van der Waals surface area contributed by atoms with E-state index in [0.29, 0.717) is 18.2 Å². The Balaban J connectivity index is 1.51. The van der Waals surface area contributed by atoms with Crippen LogP contribution in [0.5, 0.6) is 0 Å². The molecule has 2 N–H and O–H groups in total. The molecule has 2 aromatic carbocycles. The molecule has 14 heteroatoms. The number of nitrogens with zero attached hydrogens (tertiary/aromatic N) is 1. The highest BCUT2D eigenvalue weighted by Gasteiger charge is 2.67. The van der Waals surface area contributed by atoms with Crippen LogP contribution in [0.25, 0.3) is 0 Å². The van der Waals surface area contributed by atoms with Gasteiger partial charge in [-0.1, -0.05) is 17.7 Å². The Morgan fingerprint density at radius 2 is 1.65 bits per heavy atom. The summed E-state index contributed by atoms with van der Waals surface area (Å²) in [5.74, 6) is -8.11. The van der Waals surface area contributed by atoms with Gasteiger partial charge in [0.15, 0.2) is 5.82 Å². The molecule has 0 spiro atoms. The van der Waals surface area contributed by atoms with Crippen LogP contribution in [0.3, 0.4) is 0 Å². The number of pyridine rings is 1. The molecule has 1 aromatic heterocycles. The zero-order valence-electron chi connectivity index (χ0n) is 17.9. The number of hydrogen-bond donors (Lipinski definition) is 2. The van der Waals surface area contributed by atoms with Crippen molar-refractivity contribution in [2.24, 2.45) is 5.92 Å². The SMILES string of the molecule is O=C(Nc1cc(NC(=O)[C@@H]2[C@@H](c3ccc(F)c(C(F)(F)F)c3)C2(Cl)Cl)ccc1Cl)c1cnc(F)c(F)c1. The molecule has 0 radical (unpaired) electrons. The van der Waals surface area contributed by atoms with Crippen LogP contribution in [0.15, 0.2) is 48.7 Å². The van der Waals surface area contributed by atoms with Gasteiger partial charge in [-0.2, -0.15) is 17.6 Å². The van der Waals surface area contributed by atoms with Crippen molar-refractivity contribution in [3.05, 3.63) is 88.0 Å². The average Bonchev–Trinajstić information content (AvgIpc) is 3.39. The molecule has 1 aliphatic carbocycles. The lowest BCUT2D eigenvalue weighted by molar-refractivity contribution is -0.140. The largest absolute Gasteiger partial charge is 0.419 e. The maximum atomic E-state index is 13.6. The molecular weight excluding hydrogens is 571 g/mol. The standard InChI is InChI=1S/C23H12Cl3F6N3O2/c24-13-3-2-11(7-16(13)35-20(36)10-6-15(28)19(29)33-8-10)34-21(37)18-17(22(18,25)26)9-1-4-14(27)12(5-9)23(30,31)32/h1-8,17-18H,(H,34,37)(H,35,36)/t17-,18+/m1/s1. The van der Waals surface area contributed by atoms with E-state index >= 15 is 0 Å². The zero-order valence-corrected chi connectivity index (χ0v) is 20.2. The summed E-state index contributed by atoms with van der Waals surface area (Å²) in [7, 11) is 0. The summed E-state index contributed by atoms with van der Waals surface area (Å²) in [5.41, 5.74) is -1.83. The predicted molar refractivity (Wildman–Crippen MR) is 124 cm³/mol. The average molecular weight is 583 g/mol. The fourth-order valence-electron chi connectivity index (χ4n) is 3.68. The maximum Gasteiger partial charge on any atom is 0.419 e. The van der Waals surface area contributed by atoms with Gasteiger partial charge in [0.25, 0.3) is 5.91 Å². The first kappa shape index (κ1) is 27.0. The Bertz CT molecular complexity index is 1420. The molecule has 2 amide bonds. The monoisotopic (exact) mass is 581 g/mol. The van der Waals surface area contributed by atoms with Gasteiger partial charge in [-0.15, -0.1) is 23.2 Å². The highest BCUT2D eigenvalue weighted by Crippen LogP contribution is 2.65. The number of carbonyl (C=O) groups excluding carboxylic acids is 2. The van der Waals surface area contributed by atoms with Crippen LogP contribution in [-0.4, -0.2) is 21.1 Å². The molecule has 1 saturated carbocycles. The van der Waals surface area contributed by atoms with Crippen LogP contribution in [-0.2, 0) is 11.0 Å². The van der Waals surface area contributed by atoms with Gasteiger partial charge in [-0.05, 0) is 42.0 Å². The fourth-order valence-corrected chi connectivity index (χ4v) is 4.67. The molecule has 0 unspecified atom stereocenters. The second kappa shape index (κ2) is 9.70. The second-order valence-electron chi connectivity index (χ2n) is 8.00.